The molecule has 0 N–H and O–H groups in total. The lowest BCUT2D eigenvalue weighted by molar-refractivity contribution is -0.135. The zero-order valence-corrected chi connectivity index (χ0v) is 12.0. The molecule has 1 aromatic carbocycles. The van der Waals surface area contributed by atoms with Crippen molar-refractivity contribution in [2.45, 2.75) is 26.9 Å². The SMILES string of the molecule is CC1=NN(C)C(=O)[C@H]2C(c3c(C)cccc3C)=NO[C@H]12. The van der Waals surface area contributed by atoms with Crippen LogP contribution in [0.1, 0.15) is 23.6 Å². The first-order valence-corrected chi connectivity index (χ1v) is 6.63. The highest BCUT2D eigenvalue weighted by Crippen LogP contribution is 2.31. The van der Waals surface area contributed by atoms with Crippen LogP contribution in [0.25, 0.3) is 0 Å². The van der Waals surface area contributed by atoms with E-state index in [4.69, 9.17) is 4.84 Å². The first-order chi connectivity index (χ1) is 9.50. The lowest BCUT2D eigenvalue weighted by atomic mass is 9.85. The van der Waals surface area contributed by atoms with Gasteiger partial charge in [0.2, 0.25) is 0 Å². The molecule has 0 fully saturated rings. The Labute approximate surface area is 117 Å². The van der Waals surface area contributed by atoms with Gasteiger partial charge >= 0.3 is 0 Å². The van der Waals surface area contributed by atoms with Gasteiger partial charge in [0.1, 0.15) is 11.6 Å². The van der Waals surface area contributed by atoms with Crippen LogP contribution in [0.2, 0.25) is 0 Å². The maximum absolute atomic E-state index is 12.4. The van der Waals surface area contributed by atoms with E-state index in [1.807, 2.05) is 39.0 Å². The Morgan fingerprint density at radius 1 is 1.20 bits per heavy atom. The molecule has 1 aromatic rings. The topological polar surface area (TPSA) is 54.3 Å². The van der Waals surface area contributed by atoms with Crippen molar-refractivity contribution in [1.82, 2.24) is 5.01 Å². The number of amides is 1. The molecule has 0 radical (unpaired) electrons. The summed E-state index contributed by atoms with van der Waals surface area (Å²) < 4.78 is 0. The number of hydrogen-bond donors (Lipinski definition) is 0. The molecule has 5 heteroatoms. The number of fused-ring (bicyclic) bond motifs is 1. The van der Waals surface area contributed by atoms with Crippen LogP contribution in [0.15, 0.2) is 28.5 Å². The fraction of sp³-hybridized carbons (Fsp3) is 0.400. The summed E-state index contributed by atoms with van der Waals surface area (Å²) in [7, 11) is 1.67. The predicted molar refractivity (Wildman–Crippen MR) is 76.7 cm³/mol. The smallest absolute Gasteiger partial charge is 0.256 e. The van der Waals surface area contributed by atoms with Crippen molar-refractivity contribution in [3.05, 3.63) is 34.9 Å². The third-order valence-electron chi connectivity index (χ3n) is 3.90. The Bertz CT molecular complexity index is 628. The number of carbonyl (C=O) groups excluding carboxylic acids is 1. The van der Waals surface area contributed by atoms with Crippen LogP contribution in [0, 0.1) is 19.8 Å². The van der Waals surface area contributed by atoms with Crippen molar-refractivity contribution in [3.8, 4) is 0 Å². The molecule has 0 aliphatic carbocycles. The number of aryl methyl sites for hydroxylation is 2. The first-order valence-electron chi connectivity index (χ1n) is 6.63. The zero-order chi connectivity index (χ0) is 14.4. The summed E-state index contributed by atoms with van der Waals surface area (Å²) in [6.45, 7) is 5.91. The van der Waals surface area contributed by atoms with Crippen molar-refractivity contribution in [1.29, 1.82) is 0 Å². The highest BCUT2D eigenvalue weighted by molar-refractivity contribution is 6.19. The van der Waals surface area contributed by atoms with Gasteiger partial charge in [-0.15, -0.1) is 0 Å². The molecule has 0 bridgehead atoms. The number of benzene rings is 1. The van der Waals surface area contributed by atoms with Gasteiger partial charge in [-0.2, -0.15) is 5.10 Å². The van der Waals surface area contributed by atoms with E-state index >= 15 is 0 Å². The second kappa shape index (κ2) is 4.44. The van der Waals surface area contributed by atoms with Crippen LogP contribution in [-0.2, 0) is 9.63 Å². The van der Waals surface area contributed by atoms with Crippen LogP contribution in [-0.4, -0.2) is 35.5 Å². The van der Waals surface area contributed by atoms with E-state index in [9.17, 15) is 4.79 Å². The van der Waals surface area contributed by atoms with E-state index in [0.29, 0.717) is 0 Å². The maximum Gasteiger partial charge on any atom is 0.256 e. The molecular formula is C15H17N3O2. The molecule has 0 spiro atoms. The Hall–Kier alpha value is -2.17. The summed E-state index contributed by atoms with van der Waals surface area (Å²) in [6.07, 6.45) is -0.368. The fourth-order valence-electron chi connectivity index (χ4n) is 2.90. The Morgan fingerprint density at radius 2 is 1.85 bits per heavy atom. The Kier molecular flexibility index (Phi) is 2.85. The van der Waals surface area contributed by atoms with Gasteiger partial charge in [0.15, 0.2) is 6.10 Å². The molecule has 3 rings (SSSR count). The highest BCUT2D eigenvalue weighted by Gasteiger charge is 2.47. The predicted octanol–water partition coefficient (Wildman–Crippen LogP) is 1.87. The van der Waals surface area contributed by atoms with E-state index in [2.05, 4.69) is 10.3 Å². The number of rotatable bonds is 1. The average Bonchev–Trinajstić information content (AvgIpc) is 2.81. The minimum absolute atomic E-state index is 0.0699. The molecule has 2 aliphatic heterocycles. The van der Waals surface area contributed by atoms with Crippen LogP contribution in [0.4, 0.5) is 0 Å². The van der Waals surface area contributed by atoms with Crippen LogP contribution in [0.3, 0.4) is 0 Å². The van der Waals surface area contributed by atoms with Crippen LogP contribution < -0.4 is 0 Å². The van der Waals surface area contributed by atoms with Crippen LogP contribution >= 0.6 is 0 Å². The molecule has 5 nitrogen and oxygen atoms in total. The van der Waals surface area contributed by atoms with Crippen LogP contribution in [0.5, 0.6) is 0 Å². The number of carbonyl (C=O) groups is 1. The molecule has 0 unspecified atom stereocenters. The van der Waals surface area contributed by atoms with Gasteiger partial charge < -0.3 is 4.84 Å². The summed E-state index contributed by atoms with van der Waals surface area (Å²) in [5.41, 5.74) is 4.71. The first kappa shape index (κ1) is 12.8. The molecule has 104 valence electrons. The van der Waals surface area contributed by atoms with E-state index in [1.54, 1.807) is 7.05 Å². The molecule has 2 atom stereocenters. The second-order valence-corrected chi connectivity index (χ2v) is 5.35. The normalized spacial score (nSPS) is 25.0. The van der Waals surface area contributed by atoms with E-state index < -0.39 is 5.92 Å². The quantitative estimate of drug-likeness (QED) is 0.783. The lowest BCUT2D eigenvalue weighted by Crippen LogP contribution is -2.47. The molecule has 2 aliphatic rings. The summed E-state index contributed by atoms with van der Waals surface area (Å²) in [4.78, 5) is 17.9. The summed E-state index contributed by atoms with van der Waals surface area (Å²) in [6, 6.07) is 6.05. The molecule has 1 amide bonds. The van der Waals surface area contributed by atoms with Crippen molar-refractivity contribution in [2.75, 3.05) is 7.05 Å². The van der Waals surface area contributed by atoms with Crippen molar-refractivity contribution < 1.29 is 9.63 Å². The number of hydrogen-bond acceptors (Lipinski definition) is 4. The van der Waals surface area contributed by atoms with Gasteiger partial charge in [-0.3, -0.25) is 4.79 Å². The maximum atomic E-state index is 12.4. The minimum Gasteiger partial charge on any atom is -0.385 e. The van der Waals surface area contributed by atoms with Gasteiger partial charge in [0, 0.05) is 12.6 Å². The largest absolute Gasteiger partial charge is 0.385 e. The minimum atomic E-state index is -0.391. The standard InChI is InChI=1S/C15H17N3O2/c1-8-6-5-7-9(2)11(8)13-12-14(20-17-13)10(3)16-18(4)15(12)19/h5-7,12,14H,1-4H3/t12-,14+/m0/s1. The third-order valence-corrected chi connectivity index (χ3v) is 3.90. The summed E-state index contributed by atoms with van der Waals surface area (Å²) in [5.74, 6) is -0.461. The lowest BCUT2D eigenvalue weighted by Gasteiger charge is -2.27. The average molecular weight is 271 g/mol. The second-order valence-electron chi connectivity index (χ2n) is 5.35. The summed E-state index contributed by atoms with van der Waals surface area (Å²) >= 11 is 0. The number of nitrogens with zero attached hydrogens (tertiary/aromatic N) is 3. The molecule has 20 heavy (non-hydrogen) atoms. The van der Waals surface area contributed by atoms with Gasteiger partial charge in [0.25, 0.3) is 5.91 Å². The molecule has 0 saturated heterocycles. The van der Waals surface area contributed by atoms with Gasteiger partial charge in [0.05, 0.1) is 5.71 Å². The van der Waals surface area contributed by atoms with Gasteiger partial charge in [-0.05, 0) is 31.9 Å². The highest BCUT2D eigenvalue weighted by atomic mass is 16.6. The molecule has 0 saturated carbocycles. The fourth-order valence-corrected chi connectivity index (χ4v) is 2.90. The zero-order valence-electron chi connectivity index (χ0n) is 12.0. The number of oxime groups is 1. The number of hydrazone groups is 1. The van der Waals surface area contributed by atoms with Gasteiger partial charge in [-0.1, -0.05) is 23.4 Å². The Morgan fingerprint density at radius 3 is 2.50 bits per heavy atom. The summed E-state index contributed by atoms with van der Waals surface area (Å²) in [5, 5.41) is 9.76. The van der Waals surface area contributed by atoms with Crippen molar-refractivity contribution >= 4 is 17.3 Å². The van der Waals surface area contributed by atoms with Gasteiger partial charge in [-0.25, -0.2) is 5.01 Å². The monoisotopic (exact) mass is 271 g/mol. The van der Waals surface area contributed by atoms with E-state index in [1.165, 1.54) is 5.01 Å². The van der Waals surface area contributed by atoms with E-state index in [0.717, 1.165) is 28.1 Å². The molecular weight excluding hydrogens is 254 g/mol. The molecule has 2 heterocycles. The van der Waals surface area contributed by atoms with Crippen molar-refractivity contribution in [2.24, 2.45) is 16.2 Å². The molecule has 0 aromatic heterocycles. The van der Waals surface area contributed by atoms with E-state index in [-0.39, 0.29) is 12.0 Å². The third kappa shape index (κ3) is 1.73. The Balaban J connectivity index is 2.10. The van der Waals surface area contributed by atoms with Crippen molar-refractivity contribution in [3.63, 3.8) is 0 Å².